The molecule has 0 aliphatic carbocycles. The molecule has 0 radical (unpaired) electrons. The van der Waals surface area contributed by atoms with E-state index in [1.165, 1.54) is 0 Å². The Kier molecular flexibility index (Phi) is 3.66. The fraction of sp³-hybridized carbons (Fsp3) is 0.312. The summed E-state index contributed by atoms with van der Waals surface area (Å²) < 4.78 is 5.16. The molecule has 2 heterocycles. The number of carboxylic acid groups (broad SMARTS) is 1. The van der Waals surface area contributed by atoms with E-state index in [-0.39, 0.29) is 12.5 Å². The Morgan fingerprint density at radius 3 is 2.82 bits per heavy atom. The molecular formula is C16H16N2O4. The highest BCUT2D eigenvalue weighted by Crippen LogP contribution is 2.22. The molecule has 1 atom stereocenters. The fourth-order valence-electron chi connectivity index (χ4n) is 2.66. The minimum atomic E-state index is -0.853. The third-order valence-electron chi connectivity index (χ3n) is 3.94. The van der Waals surface area contributed by atoms with Crippen LogP contribution in [0.5, 0.6) is 5.75 Å². The van der Waals surface area contributed by atoms with Crippen molar-refractivity contribution in [3.05, 3.63) is 36.0 Å². The first-order valence-electron chi connectivity index (χ1n) is 7.05. The van der Waals surface area contributed by atoms with Gasteiger partial charge in [-0.05, 0) is 30.7 Å². The maximum absolute atomic E-state index is 12.4. The summed E-state index contributed by atoms with van der Waals surface area (Å²) in [6, 6.07) is 8.93. The van der Waals surface area contributed by atoms with Crippen LogP contribution in [-0.2, 0) is 4.79 Å². The molecule has 6 nitrogen and oxygen atoms in total. The molecule has 1 fully saturated rings. The molecule has 1 amide bonds. The van der Waals surface area contributed by atoms with Crippen LogP contribution in [0.25, 0.3) is 10.9 Å². The van der Waals surface area contributed by atoms with Crippen molar-refractivity contribution >= 4 is 22.8 Å². The number of fused-ring (bicyclic) bond motifs is 1. The van der Waals surface area contributed by atoms with Gasteiger partial charge in [0.1, 0.15) is 11.4 Å². The molecule has 114 valence electrons. The smallest absolute Gasteiger partial charge is 0.308 e. The van der Waals surface area contributed by atoms with Gasteiger partial charge in [0.2, 0.25) is 0 Å². The predicted octanol–water partition coefficient (Wildman–Crippen LogP) is 1.79. The second-order valence-corrected chi connectivity index (χ2v) is 5.33. The molecule has 1 aliphatic heterocycles. The van der Waals surface area contributed by atoms with Gasteiger partial charge < -0.3 is 14.7 Å². The number of likely N-dealkylation sites (tertiary alicyclic amines) is 1. The van der Waals surface area contributed by atoms with E-state index in [2.05, 4.69) is 4.98 Å². The van der Waals surface area contributed by atoms with Crippen molar-refractivity contribution in [2.45, 2.75) is 6.42 Å². The standard InChI is InChI=1S/C16H16N2O4/c1-22-12-3-5-13-10(8-12)2-4-14(17-13)15(19)18-7-6-11(9-18)16(20)21/h2-5,8,11H,6-7,9H2,1H3,(H,20,21). The quantitative estimate of drug-likeness (QED) is 0.934. The van der Waals surface area contributed by atoms with Crippen molar-refractivity contribution in [2.24, 2.45) is 5.92 Å². The van der Waals surface area contributed by atoms with E-state index < -0.39 is 11.9 Å². The van der Waals surface area contributed by atoms with Gasteiger partial charge in [-0.3, -0.25) is 9.59 Å². The minimum absolute atomic E-state index is 0.221. The highest BCUT2D eigenvalue weighted by molar-refractivity contribution is 5.95. The van der Waals surface area contributed by atoms with Gasteiger partial charge in [0.25, 0.3) is 5.91 Å². The summed E-state index contributed by atoms with van der Waals surface area (Å²) in [6.07, 6.45) is 0.492. The molecule has 0 spiro atoms. The van der Waals surface area contributed by atoms with Crippen LogP contribution < -0.4 is 4.74 Å². The summed E-state index contributed by atoms with van der Waals surface area (Å²) in [5, 5.41) is 9.90. The van der Waals surface area contributed by atoms with E-state index >= 15 is 0 Å². The molecule has 0 bridgehead atoms. The Labute approximate surface area is 127 Å². The lowest BCUT2D eigenvalue weighted by molar-refractivity contribution is -0.141. The molecule has 6 heteroatoms. The van der Waals surface area contributed by atoms with Gasteiger partial charge in [-0.1, -0.05) is 6.07 Å². The van der Waals surface area contributed by atoms with Crippen LogP contribution in [0.1, 0.15) is 16.9 Å². The van der Waals surface area contributed by atoms with Crippen LogP contribution in [0.4, 0.5) is 0 Å². The van der Waals surface area contributed by atoms with Crippen LogP contribution in [0.2, 0.25) is 0 Å². The van der Waals surface area contributed by atoms with Crippen LogP contribution in [0, 0.1) is 5.92 Å². The zero-order valence-electron chi connectivity index (χ0n) is 12.2. The van der Waals surface area contributed by atoms with Crippen molar-refractivity contribution in [3.63, 3.8) is 0 Å². The first-order valence-corrected chi connectivity index (χ1v) is 7.05. The monoisotopic (exact) mass is 300 g/mol. The number of hydrogen-bond donors (Lipinski definition) is 1. The summed E-state index contributed by atoms with van der Waals surface area (Å²) in [7, 11) is 1.60. The Balaban J connectivity index is 1.84. The molecule has 1 N–H and O–H groups in total. The normalized spacial score (nSPS) is 17.7. The molecule has 2 aromatic rings. The van der Waals surface area contributed by atoms with Gasteiger partial charge in [-0.2, -0.15) is 0 Å². The van der Waals surface area contributed by atoms with Gasteiger partial charge >= 0.3 is 5.97 Å². The number of amides is 1. The van der Waals surface area contributed by atoms with Crippen LogP contribution >= 0.6 is 0 Å². The summed E-state index contributed by atoms with van der Waals surface area (Å²) >= 11 is 0. The number of benzene rings is 1. The molecule has 1 unspecified atom stereocenters. The Morgan fingerprint density at radius 1 is 1.32 bits per heavy atom. The van der Waals surface area contributed by atoms with E-state index in [1.807, 2.05) is 12.1 Å². The number of pyridine rings is 1. The van der Waals surface area contributed by atoms with Gasteiger partial charge in [-0.25, -0.2) is 4.98 Å². The van der Waals surface area contributed by atoms with E-state index in [0.717, 1.165) is 11.1 Å². The number of aliphatic carboxylic acids is 1. The van der Waals surface area contributed by atoms with Crippen LogP contribution in [0.3, 0.4) is 0 Å². The van der Waals surface area contributed by atoms with Crippen molar-refractivity contribution < 1.29 is 19.4 Å². The highest BCUT2D eigenvalue weighted by atomic mass is 16.5. The summed E-state index contributed by atoms with van der Waals surface area (Å²) in [6.45, 7) is 0.703. The maximum Gasteiger partial charge on any atom is 0.308 e. The van der Waals surface area contributed by atoms with Crippen molar-refractivity contribution in [3.8, 4) is 5.75 Å². The minimum Gasteiger partial charge on any atom is -0.497 e. The molecule has 3 rings (SSSR count). The second kappa shape index (κ2) is 5.63. The first kappa shape index (κ1) is 14.3. The van der Waals surface area contributed by atoms with Gasteiger partial charge in [0.05, 0.1) is 18.5 Å². The molecule has 0 saturated carbocycles. The SMILES string of the molecule is COc1ccc2nc(C(=O)N3CCC(C(=O)O)C3)ccc2c1. The number of nitrogens with zero attached hydrogens (tertiary/aromatic N) is 2. The van der Waals surface area contributed by atoms with Crippen LogP contribution in [0.15, 0.2) is 30.3 Å². The Morgan fingerprint density at radius 2 is 2.14 bits per heavy atom. The lowest BCUT2D eigenvalue weighted by Gasteiger charge is -2.15. The number of hydrogen-bond acceptors (Lipinski definition) is 4. The Bertz CT molecular complexity index is 744. The third-order valence-corrected chi connectivity index (χ3v) is 3.94. The van der Waals surface area contributed by atoms with Gasteiger partial charge in [-0.15, -0.1) is 0 Å². The molecule has 1 aliphatic rings. The van der Waals surface area contributed by atoms with Crippen molar-refractivity contribution in [1.29, 1.82) is 0 Å². The van der Waals surface area contributed by atoms with Crippen molar-refractivity contribution in [1.82, 2.24) is 9.88 Å². The lowest BCUT2D eigenvalue weighted by atomic mass is 10.1. The Hall–Kier alpha value is -2.63. The summed E-state index contributed by atoms with van der Waals surface area (Å²) in [4.78, 5) is 29.3. The molecule has 1 aromatic carbocycles. The van der Waals surface area contributed by atoms with Gasteiger partial charge in [0.15, 0.2) is 0 Å². The maximum atomic E-state index is 12.4. The largest absolute Gasteiger partial charge is 0.497 e. The summed E-state index contributed by atoms with van der Waals surface area (Å²) in [5.41, 5.74) is 1.05. The molecule has 1 saturated heterocycles. The average Bonchev–Trinajstić information content (AvgIpc) is 3.03. The van der Waals surface area contributed by atoms with E-state index in [9.17, 15) is 9.59 Å². The second-order valence-electron chi connectivity index (χ2n) is 5.33. The number of carbonyl (C=O) groups excluding carboxylic acids is 1. The molecular weight excluding hydrogens is 284 g/mol. The van der Waals surface area contributed by atoms with Gasteiger partial charge in [0, 0.05) is 18.5 Å². The highest BCUT2D eigenvalue weighted by Gasteiger charge is 2.31. The predicted molar refractivity (Wildman–Crippen MR) is 79.9 cm³/mol. The topological polar surface area (TPSA) is 79.7 Å². The van der Waals surface area contributed by atoms with E-state index in [4.69, 9.17) is 9.84 Å². The lowest BCUT2D eigenvalue weighted by Crippen LogP contribution is -2.30. The zero-order valence-corrected chi connectivity index (χ0v) is 12.2. The average molecular weight is 300 g/mol. The number of rotatable bonds is 3. The first-order chi connectivity index (χ1) is 10.6. The zero-order chi connectivity index (χ0) is 15.7. The van der Waals surface area contributed by atoms with Crippen molar-refractivity contribution in [2.75, 3.05) is 20.2 Å². The van der Waals surface area contributed by atoms with Crippen LogP contribution in [-0.4, -0.2) is 47.1 Å². The number of ether oxygens (including phenoxy) is 1. The fourth-order valence-corrected chi connectivity index (χ4v) is 2.66. The number of carboxylic acids is 1. The van der Waals surface area contributed by atoms with E-state index in [1.54, 1.807) is 30.2 Å². The molecule has 22 heavy (non-hydrogen) atoms. The number of aromatic nitrogens is 1. The summed E-state index contributed by atoms with van der Waals surface area (Å²) in [5.74, 6) is -0.818. The van der Waals surface area contributed by atoms with E-state index in [0.29, 0.717) is 24.2 Å². The number of carbonyl (C=O) groups is 2. The number of methoxy groups -OCH3 is 1. The molecule has 1 aromatic heterocycles. The third kappa shape index (κ3) is 2.59.